The van der Waals surface area contributed by atoms with Crippen molar-refractivity contribution in [1.29, 1.82) is 0 Å². The molecule has 0 bridgehead atoms. The van der Waals surface area contributed by atoms with Gasteiger partial charge in [0.1, 0.15) is 0 Å². The van der Waals surface area contributed by atoms with Crippen LogP contribution in [0.4, 0.5) is 5.69 Å². The van der Waals surface area contributed by atoms with E-state index in [1.165, 1.54) is 12.0 Å². The smallest absolute Gasteiger partial charge is 0.227 e. The number of carbonyl (C=O) groups is 2. The Bertz CT molecular complexity index is 650. The lowest BCUT2D eigenvalue weighted by Gasteiger charge is -2.39. The highest BCUT2D eigenvalue weighted by atomic mass is 16.2. The lowest BCUT2D eigenvalue weighted by Crippen LogP contribution is -2.47. The van der Waals surface area contributed by atoms with Crippen LogP contribution in [0.3, 0.4) is 0 Å². The van der Waals surface area contributed by atoms with Crippen LogP contribution >= 0.6 is 0 Å². The van der Waals surface area contributed by atoms with Crippen LogP contribution in [0.1, 0.15) is 70.8 Å². The molecule has 1 unspecified atom stereocenters. The Morgan fingerprint density at radius 3 is 2.41 bits per heavy atom. The molecule has 1 saturated heterocycles. The van der Waals surface area contributed by atoms with Gasteiger partial charge >= 0.3 is 0 Å². The molecule has 1 atom stereocenters. The van der Waals surface area contributed by atoms with E-state index in [0.717, 1.165) is 63.6 Å². The minimum atomic E-state index is 0.0299. The third-order valence-corrected chi connectivity index (χ3v) is 6.48. The highest BCUT2D eigenvalue weighted by Gasteiger charge is 2.35. The van der Waals surface area contributed by atoms with E-state index < -0.39 is 0 Å². The van der Waals surface area contributed by atoms with Gasteiger partial charge < -0.3 is 10.2 Å². The van der Waals surface area contributed by atoms with Gasteiger partial charge in [-0.25, -0.2) is 0 Å². The van der Waals surface area contributed by atoms with E-state index in [9.17, 15) is 9.59 Å². The summed E-state index contributed by atoms with van der Waals surface area (Å²) in [6, 6.07) is 8.45. The highest BCUT2D eigenvalue weighted by molar-refractivity contribution is 5.93. The second-order valence-electron chi connectivity index (χ2n) is 8.14. The Labute approximate surface area is 163 Å². The van der Waals surface area contributed by atoms with Crippen molar-refractivity contribution < 1.29 is 9.59 Å². The average Bonchev–Trinajstić information content (AvgIpc) is 2.73. The number of benzene rings is 1. The molecule has 0 radical (unpaired) electrons. The first-order valence-corrected chi connectivity index (χ1v) is 10.8. The van der Waals surface area contributed by atoms with Crippen molar-refractivity contribution in [1.82, 2.24) is 4.90 Å². The number of nitrogens with zero attached hydrogens (tertiary/aromatic N) is 1. The predicted octanol–water partition coefficient (Wildman–Crippen LogP) is 4.79. The average molecular weight is 371 g/mol. The number of likely N-dealkylation sites (tertiary alicyclic amines) is 1. The van der Waals surface area contributed by atoms with E-state index in [0.29, 0.717) is 11.9 Å². The molecular formula is C23H34N2O2. The number of hydrogen-bond acceptors (Lipinski definition) is 2. The number of rotatable bonds is 5. The fraction of sp³-hybridized carbons (Fsp3) is 0.652. The molecular weight excluding hydrogens is 336 g/mol. The quantitative estimate of drug-likeness (QED) is 0.810. The van der Waals surface area contributed by atoms with Gasteiger partial charge in [-0.15, -0.1) is 0 Å². The molecule has 1 saturated carbocycles. The minimum Gasteiger partial charge on any atom is -0.339 e. The molecule has 1 N–H and O–H groups in total. The van der Waals surface area contributed by atoms with Gasteiger partial charge in [0.2, 0.25) is 11.8 Å². The molecule has 4 nitrogen and oxygen atoms in total. The van der Waals surface area contributed by atoms with Crippen molar-refractivity contribution in [3.05, 3.63) is 29.8 Å². The van der Waals surface area contributed by atoms with Crippen LogP contribution in [0.15, 0.2) is 24.3 Å². The van der Waals surface area contributed by atoms with E-state index in [2.05, 4.69) is 30.1 Å². The molecule has 1 aromatic carbocycles. The van der Waals surface area contributed by atoms with Gasteiger partial charge in [-0.05, 0) is 69.4 Å². The van der Waals surface area contributed by atoms with Crippen LogP contribution in [0.2, 0.25) is 0 Å². The molecule has 3 rings (SSSR count). The van der Waals surface area contributed by atoms with Crippen LogP contribution in [0.25, 0.3) is 0 Å². The van der Waals surface area contributed by atoms with Crippen molar-refractivity contribution in [3.8, 4) is 0 Å². The first-order chi connectivity index (χ1) is 13.1. The molecule has 2 amide bonds. The van der Waals surface area contributed by atoms with E-state index in [4.69, 9.17) is 0 Å². The van der Waals surface area contributed by atoms with Gasteiger partial charge in [-0.2, -0.15) is 0 Å². The SMILES string of the molecule is CCc1ccccc1NC(=O)C1CCC(C(=O)N2CCCCC2CC)CC1. The van der Waals surface area contributed by atoms with Crippen molar-refractivity contribution in [3.63, 3.8) is 0 Å². The van der Waals surface area contributed by atoms with Crippen LogP contribution in [-0.4, -0.2) is 29.3 Å². The standard InChI is InChI=1S/C23H34N2O2/c1-3-17-9-5-6-11-21(17)24-22(26)18-12-14-19(15-13-18)23(27)25-16-8-7-10-20(25)4-2/h5-6,9,11,18-20H,3-4,7-8,10,12-16H2,1-2H3,(H,24,26). The zero-order valence-corrected chi connectivity index (χ0v) is 16.9. The molecule has 1 aliphatic heterocycles. The number of aryl methyl sites for hydroxylation is 1. The summed E-state index contributed by atoms with van der Waals surface area (Å²) >= 11 is 0. The molecule has 2 aliphatic rings. The largest absolute Gasteiger partial charge is 0.339 e. The predicted molar refractivity (Wildman–Crippen MR) is 110 cm³/mol. The molecule has 1 aliphatic carbocycles. The van der Waals surface area contributed by atoms with Gasteiger partial charge in [0.25, 0.3) is 0 Å². The lowest BCUT2D eigenvalue weighted by atomic mass is 9.80. The number of nitrogens with one attached hydrogen (secondary N) is 1. The normalized spacial score (nSPS) is 25.9. The number of hydrogen-bond donors (Lipinski definition) is 1. The molecule has 148 valence electrons. The van der Waals surface area contributed by atoms with Crippen molar-refractivity contribution in [2.45, 2.75) is 77.7 Å². The third-order valence-electron chi connectivity index (χ3n) is 6.48. The molecule has 4 heteroatoms. The number of piperidine rings is 1. The number of amides is 2. The van der Waals surface area contributed by atoms with E-state index in [1.54, 1.807) is 0 Å². The topological polar surface area (TPSA) is 49.4 Å². The second-order valence-corrected chi connectivity index (χ2v) is 8.14. The maximum atomic E-state index is 13.0. The van der Waals surface area contributed by atoms with Crippen molar-refractivity contribution in [2.24, 2.45) is 11.8 Å². The Morgan fingerprint density at radius 2 is 1.70 bits per heavy atom. The molecule has 1 aromatic rings. The maximum absolute atomic E-state index is 13.0. The maximum Gasteiger partial charge on any atom is 0.227 e. The summed E-state index contributed by atoms with van der Waals surface area (Å²) in [5, 5.41) is 3.12. The fourth-order valence-electron chi connectivity index (χ4n) is 4.74. The molecule has 1 heterocycles. The minimum absolute atomic E-state index is 0.0299. The van der Waals surface area contributed by atoms with Crippen LogP contribution < -0.4 is 5.32 Å². The summed E-state index contributed by atoms with van der Waals surface area (Å²) in [6.45, 7) is 5.21. The summed E-state index contributed by atoms with van der Waals surface area (Å²) in [4.78, 5) is 27.8. The van der Waals surface area contributed by atoms with E-state index in [1.807, 2.05) is 18.2 Å². The van der Waals surface area contributed by atoms with Gasteiger partial charge in [0.05, 0.1) is 0 Å². The first kappa shape index (κ1) is 19.9. The lowest BCUT2D eigenvalue weighted by molar-refractivity contribution is -0.141. The summed E-state index contributed by atoms with van der Waals surface area (Å²) in [5.74, 6) is 0.606. The zero-order valence-electron chi connectivity index (χ0n) is 16.9. The van der Waals surface area contributed by atoms with Crippen LogP contribution in [-0.2, 0) is 16.0 Å². The summed E-state index contributed by atoms with van der Waals surface area (Å²) in [7, 11) is 0. The van der Waals surface area contributed by atoms with E-state index >= 15 is 0 Å². The highest BCUT2D eigenvalue weighted by Crippen LogP contribution is 2.33. The number of anilines is 1. The molecule has 0 aromatic heterocycles. The number of carbonyl (C=O) groups excluding carboxylic acids is 2. The summed E-state index contributed by atoms with van der Waals surface area (Å²) in [6.07, 6.45) is 8.83. The van der Waals surface area contributed by atoms with Crippen molar-refractivity contribution >= 4 is 17.5 Å². The Morgan fingerprint density at radius 1 is 1.00 bits per heavy atom. The summed E-state index contributed by atoms with van der Waals surface area (Å²) < 4.78 is 0. The van der Waals surface area contributed by atoms with Gasteiger partial charge in [-0.3, -0.25) is 9.59 Å². The monoisotopic (exact) mass is 370 g/mol. The van der Waals surface area contributed by atoms with Crippen molar-refractivity contribution in [2.75, 3.05) is 11.9 Å². The first-order valence-electron chi connectivity index (χ1n) is 10.8. The Balaban J connectivity index is 1.53. The van der Waals surface area contributed by atoms with Gasteiger partial charge in [-0.1, -0.05) is 32.0 Å². The zero-order chi connectivity index (χ0) is 19.2. The Kier molecular flexibility index (Phi) is 6.92. The molecule has 27 heavy (non-hydrogen) atoms. The van der Waals surface area contributed by atoms with E-state index in [-0.39, 0.29) is 17.7 Å². The third kappa shape index (κ3) is 4.72. The molecule has 2 fully saturated rings. The van der Waals surface area contributed by atoms with Crippen LogP contribution in [0, 0.1) is 11.8 Å². The Hall–Kier alpha value is -1.84. The fourth-order valence-corrected chi connectivity index (χ4v) is 4.74. The molecule has 0 spiro atoms. The summed E-state index contributed by atoms with van der Waals surface area (Å²) in [5.41, 5.74) is 2.10. The number of para-hydroxylation sites is 1. The van der Waals surface area contributed by atoms with Gasteiger partial charge in [0, 0.05) is 30.1 Å². The van der Waals surface area contributed by atoms with Crippen LogP contribution in [0.5, 0.6) is 0 Å². The van der Waals surface area contributed by atoms with Gasteiger partial charge in [0.15, 0.2) is 0 Å². The second kappa shape index (κ2) is 9.38.